The topological polar surface area (TPSA) is 60.4 Å². The molecular weight excluding hydrogens is 623 g/mol. The molecule has 2 atom stereocenters. The van der Waals surface area contributed by atoms with E-state index in [2.05, 4.69) is 45.0 Å². The Kier molecular flexibility index (Phi) is 10.2. The highest BCUT2D eigenvalue weighted by molar-refractivity contribution is 8.15. The summed E-state index contributed by atoms with van der Waals surface area (Å²) in [6, 6.07) is 32.6. The van der Waals surface area contributed by atoms with E-state index < -0.39 is 36.8 Å². The highest BCUT2D eigenvalue weighted by Gasteiger charge is 2.55. The lowest BCUT2D eigenvalue weighted by Gasteiger charge is -2.45. The first kappa shape index (κ1) is 33.7. The molecule has 0 saturated heterocycles. The summed E-state index contributed by atoms with van der Waals surface area (Å²) in [4.78, 5) is 13.5. The van der Waals surface area contributed by atoms with Gasteiger partial charge in [0, 0.05) is 12.7 Å². The number of rotatable bonds is 11. The molecule has 6 nitrogen and oxygen atoms in total. The van der Waals surface area contributed by atoms with Crippen LogP contribution >= 0.6 is 11.8 Å². The van der Waals surface area contributed by atoms with E-state index >= 15 is 4.39 Å². The van der Waals surface area contributed by atoms with Crippen molar-refractivity contribution in [2.24, 2.45) is 5.10 Å². The maximum Gasteiger partial charge on any atom is 0.272 e. The molecule has 4 aromatic carbocycles. The van der Waals surface area contributed by atoms with Gasteiger partial charge in [0.25, 0.3) is 14.2 Å². The van der Waals surface area contributed by atoms with E-state index in [1.165, 1.54) is 12.1 Å². The number of carbonyl (C=O) groups is 1. The SMILES string of the molecule is COCOCC1(c2ccccc2)SC(c2cc(F)ccc2F)=NN1C(=O)C(C)O[Si](c1ccccc1)(c1ccccc1)C(C)(C)C. The molecule has 0 N–H and O–H groups in total. The quantitative estimate of drug-likeness (QED) is 0.103. The molecule has 240 valence electrons. The van der Waals surface area contributed by atoms with Gasteiger partial charge in [-0.3, -0.25) is 4.79 Å². The fourth-order valence-corrected chi connectivity index (χ4v) is 11.9. The van der Waals surface area contributed by atoms with Crippen molar-refractivity contribution in [3.05, 3.63) is 132 Å². The molecule has 1 aliphatic rings. The number of hydrogen-bond acceptors (Lipinski definition) is 6. The molecule has 46 heavy (non-hydrogen) atoms. The number of methoxy groups -OCH3 is 1. The zero-order valence-electron chi connectivity index (χ0n) is 26.6. The Bertz CT molecular complexity index is 1630. The van der Waals surface area contributed by atoms with Crippen LogP contribution in [0.15, 0.2) is 114 Å². The largest absolute Gasteiger partial charge is 0.396 e. The van der Waals surface area contributed by atoms with Crippen LogP contribution in [0.3, 0.4) is 0 Å². The van der Waals surface area contributed by atoms with Gasteiger partial charge in [0.15, 0.2) is 4.87 Å². The van der Waals surface area contributed by atoms with Crippen molar-refractivity contribution in [1.82, 2.24) is 5.01 Å². The number of hydrogen-bond donors (Lipinski definition) is 0. The molecule has 0 aliphatic carbocycles. The van der Waals surface area contributed by atoms with Crippen LogP contribution in [0.1, 0.15) is 38.8 Å². The van der Waals surface area contributed by atoms with Crippen LogP contribution in [0.4, 0.5) is 8.78 Å². The highest BCUT2D eigenvalue weighted by Crippen LogP contribution is 2.49. The van der Waals surface area contributed by atoms with Crippen LogP contribution in [-0.2, 0) is 23.6 Å². The van der Waals surface area contributed by atoms with Gasteiger partial charge in [-0.2, -0.15) is 5.10 Å². The number of carbonyl (C=O) groups excluding carboxylic acids is 1. The van der Waals surface area contributed by atoms with Crippen LogP contribution in [0.5, 0.6) is 0 Å². The number of nitrogens with zero attached hydrogens (tertiary/aromatic N) is 2. The summed E-state index contributed by atoms with van der Waals surface area (Å²) in [6.07, 6.45) is -0.988. The van der Waals surface area contributed by atoms with E-state index in [4.69, 9.17) is 19.0 Å². The summed E-state index contributed by atoms with van der Waals surface area (Å²) in [6.45, 7) is 8.05. The van der Waals surface area contributed by atoms with Crippen molar-refractivity contribution in [3.8, 4) is 0 Å². The standard InChI is InChI=1S/C36H38F2N2O4SSi/c1-26(44-46(35(2,3)4,29-17-11-7-12-18-29)30-19-13-8-14-20-30)34(41)40-36(24-43-25-42-5,27-15-9-6-10-16-27)45-33(39-40)31-23-28(37)21-22-32(31)38/h6-23,26H,24-25H2,1-5H3. The molecule has 1 aliphatic heterocycles. The van der Waals surface area contributed by atoms with Gasteiger partial charge < -0.3 is 13.9 Å². The molecule has 1 amide bonds. The minimum atomic E-state index is -3.14. The number of thioether (sulfide) groups is 1. The van der Waals surface area contributed by atoms with E-state index in [9.17, 15) is 9.18 Å². The predicted molar refractivity (Wildman–Crippen MR) is 181 cm³/mol. The lowest BCUT2D eigenvalue weighted by atomic mass is 10.1. The first-order chi connectivity index (χ1) is 22.0. The van der Waals surface area contributed by atoms with Crippen LogP contribution in [0.25, 0.3) is 0 Å². The second-order valence-corrected chi connectivity index (χ2v) is 17.6. The Balaban J connectivity index is 1.65. The second kappa shape index (κ2) is 14.0. The van der Waals surface area contributed by atoms with Crippen molar-refractivity contribution >= 4 is 41.4 Å². The number of amides is 1. The Morgan fingerprint density at radius 2 is 1.48 bits per heavy atom. The van der Waals surface area contributed by atoms with Gasteiger partial charge in [0.2, 0.25) is 0 Å². The number of benzene rings is 4. The zero-order chi connectivity index (χ0) is 33.0. The van der Waals surface area contributed by atoms with Crippen molar-refractivity contribution in [3.63, 3.8) is 0 Å². The molecule has 0 fully saturated rings. The third-order valence-electron chi connectivity index (χ3n) is 8.01. The van der Waals surface area contributed by atoms with Gasteiger partial charge in [-0.1, -0.05) is 124 Å². The van der Waals surface area contributed by atoms with Crippen LogP contribution < -0.4 is 10.4 Å². The van der Waals surface area contributed by atoms with E-state index in [0.717, 1.165) is 40.3 Å². The van der Waals surface area contributed by atoms with Gasteiger partial charge >= 0.3 is 0 Å². The molecular formula is C36H38F2N2O4SSi. The summed E-state index contributed by atoms with van der Waals surface area (Å²) < 4.78 is 47.8. The van der Waals surface area contributed by atoms with E-state index in [1.54, 1.807) is 6.92 Å². The van der Waals surface area contributed by atoms with Crippen molar-refractivity contribution < 1.29 is 27.5 Å². The molecule has 10 heteroatoms. The number of ether oxygens (including phenoxy) is 2. The number of hydrazone groups is 1. The molecule has 0 radical (unpaired) electrons. The Hall–Kier alpha value is -3.67. The third kappa shape index (κ3) is 6.45. The molecule has 2 unspecified atom stereocenters. The van der Waals surface area contributed by atoms with Gasteiger partial charge in [-0.15, -0.1) is 0 Å². The predicted octanol–water partition coefficient (Wildman–Crippen LogP) is 6.64. The van der Waals surface area contributed by atoms with Gasteiger partial charge in [-0.25, -0.2) is 13.8 Å². The fraction of sp³-hybridized carbons (Fsp3) is 0.278. The van der Waals surface area contributed by atoms with Crippen LogP contribution in [0.2, 0.25) is 5.04 Å². The van der Waals surface area contributed by atoms with E-state index in [1.807, 2.05) is 66.7 Å². The molecule has 0 aromatic heterocycles. The summed E-state index contributed by atoms with van der Waals surface area (Å²) in [5, 5.41) is 7.82. The van der Waals surface area contributed by atoms with Gasteiger partial charge in [0.1, 0.15) is 29.6 Å². The lowest BCUT2D eigenvalue weighted by molar-refractivity contribution is -0.145. The summed E-state index contributed by atoms with van der Waals surface area (Å²) in [5.74, 6) is -1.72. The maximum atomic E-state index is 15.2. The van der Waals surface area contributed by atoms with Crippen LogP contribution in [-0.4, -0.2) is 50.9 Å². The maximum absolute atomic E-state index is 15.2. The minimum absolute atomic E-state index is 0.0445. The van der Waals surface area contributed by atoms with Crippen molar-refractivity contribution in [2.45, 2.75) is 43.7 Å². The highest BCUT2D eigenvalue weighted by atomic mass is 32.2. The third-order valence-corrected chi connectivity index (χ3v) is 14.5. The van der Waals surface area contributed by atoms with Gasteiger partial charge in [-0.05, 0) is 46.1 Å². The zero-order valence-corrected chi connectivity index (χ0v) is 28.4. The first-order valence-electron chi connectivity index (χ1n) is 15.0. The monoisotopic (exact) mass is 660 g/mol. The average Bonchev–Trinajstić information content (AvgIpc) is 3.45. The normalized spacial score (nSPS) is 17.5. The van der Waals surface area contributed by atoms with Crippen molar-refractivity contribution in [1.29, 1.82) is 0 Å². The molecule has 5 rings (SSSR count). The smallest absolute Gasteiger partial charge is 0.272 e. The number of halogens is 2. The summed E-state index contributed by atoms with van der Waals surface area (Å²) >= 11 is 1.13. The Morgan fingerprint density at radius 1 is 0.913 bits per heavy atom. The van der Waals surface area contributed by atoms with Gasteiger partial charge in [0.05, 0.1) is 6.61 Å². The lowest BCUT2D eigenvalue weighted by Crippen LogP contribution is -2.68. The molecule has 0 spiro atoms. The van der Waals surface area contributed by atoms with Crippen LogP contribution in [0, 0.1) is 11.6 Å². The molecule has 0 bridgehead atoms. The first-order valence-corrected chi connectivity index (χ1v) is 17.7. The Labute approximate surface area is 274 Å². The molecule has 1 heterocycles. The molecule has 0 saturated carbocycles. The Morgan fingerprint density at radius 3 is 2.02 bits per heavy atom. The van der Waals surface area contributed by atoms with E-state index in [0.29, 0.717) is 5.56 Å². The minimum Gasteiger partial charge on any atom is -0.396 e. The summed E-state index contributed by atoms with van der Waals surface area (Å²) in [5.41, 5.74) is 0.644. The fourth-order valence-electron chi connectivity index (χ4n) is 5.89. The molecule has 4 aromatic rings. The van der Waals surface area contributed by atoms with Crippen molar-refractivity contribution in [2.75, 3.05) is 20.5 Å². The summed E-state index contributed by atoms with van der Waals surface area (Å²) in [7, 11) is -1.64. The average molecular weight is 661 g/mol. The van der Waals surface area contributed by atoms with E-state index in [-0.39, 0.29) is 29.0 Å². The second-order valence-electron chi connectivity index (χ2n) is 12.1.